The van der Waals surface area contributed by atoms with Crippen molar-refractivity contribution in [1.29, 1.82) is 10.5 Å². The van der Waals surface area contributed by atoms with Gasteiger partial charge in [-0.25, -0.2) is 0 Å². The SMILES string of the molecule is CC(C)(C)c1cccc(CON=C(C#N)C#N)c1. The number of nitrogens with zero attached hydrogens (tertiary/aromatic N) is 3. The second kappa shape index (κ2) is 5.84. The van der Waals surface area contributed by atoms with E-state index in [0.29, 0.717) is 0 Å². The van der Waals surface area contributed by atoms with Crippen LogP contribution in [0, 0.1) is 22.7 Å². The summed E-state index contributed by atoms with van der Waals surface area (Å²) in [5.74, 6) is 0. The van der Waals surface area contributed by atoms with Crippen molar-refractivity contribution in [3.63, 3.8) is 0 Å². The molecule has 0 aromatic heterocycles. The topological polar surface area (TPSA) is 69.2 Å². The summed E-state index contributed by atoms with van der Waals surface area (Å²) < 4.78 is 0. The van der Waals surface area contributed by atoms with Crippen LogP contribution in [0.25, 0.3) is 0 Å². The molecule has 1 aromatic rings. The molecular weight excluding hydrogens is 226 g/mol. The first-order valence-corrected chi connectivity index (χ1v) is 5.57. The van der Waals surface area contributed by atoms with Crippen LogP contribution in [0.2, 0.25) is 0 Å². The van der Waals surface area contributed by atoms with Crippen LogP contribution in [0.5, 0.6) is 0 Å². The van der Waals surface area contributed by atoms with Gasteiger partial charge in [-0.3, -0.25) is 0 Å². The van der Waals surface area contributed by atoms with Gasteiger partial charge in [-0.05, 0) is 16.5 Å². The van der Waals surface area contributed by atoms with E-state index in [-0.39, 0.29) is 17.7 Å². The zero-order valence-electron chi connectivity index (χ0n) is 10.8. The summed E-state index contributed by atoms with van der Waals surface area (Å²) in [5, 5.41) is 20.4. The van der Waals surface area contributed by atoms with Gasteiger partial charge in [-0.15, -0.1) is 0 Å². The maximum Gasteiger partial charge on any atom is 0.256 e. The largest absolute Gasteiger partial charge is 0.389 e. The molecule has 0 saturated heterocycles. The highest BCUT2D eigenvalue weighted by Gasteiger charge is 2.13. The van der Waals surface area contributed by atoms with Gasteiger partial charge in [0.25, 0.3) is 5.71 Å². The first-order valence-electron chi connectivity index (χ1n) is 5.57. The molecule has 0 bridgehead atoms. The van der Waals surface area contributed by atoms with E-state index in [4.69, 9.17) is 15.4 Å². The molecule has 92 valence electrons. The van der Waals surface area contributed by atoms with Crippen molar-refractivity contribution in [2.75, 3.05) is 0 Å². The van der Waals surface area contributed by atoms with Gasteiger partial charge in [0.2, 0.25) is 0 Å². The molecule has 18 heavy (non-hydrogen) atoms. The molecule has 0 aliphatic rings. The van der Waals surface area contributed by atoms with Crippen LogP contribution < -0.4 is 0 Å². The molecule has 0 unspecified atom stereocenters. The van der Waals surface area contributed by atoms with E-state index in [1.54, 1.807) is 12.1 Å². The van der Waals surface area contributed by atoms with Gasteiger partial charge in [0.05, 0.1) is 0 Å². The Morgan fingerprint density at radius 1 is 1.28 bits per heavy atom. The minimum absolute atomic E-state index is 0.0732. The molecule has 0 heterocycles. The highest BCUT2D eigenvalue weighted by Crippen LogP contribution is 2.22. The fourth-order valence-electron chi connectivity index (χ4n) is 1.36. The number of oxime groups is 1. The normalized spacial score (nSPS) is 10.1. The first kappa shape index (κ1) is 13.7. The molecule has 0 amide bonds. The van der Waals surface area contributed by atoms with Gasteiger partial charge in [0, 0.05) is 0 Å². The Hall–Kier alpha value is -2.33. The molecule has 1 aromatic carbocycles. The Morgan fingerprint density at radius 2 is 1.94 bits per heavy atom. The van der Waals surface area contributed by atoms with E-state index in [2.05, 4.69) is 32.0 Å². The van der Waals surface area contributed by atoms with Gasteiger partial charge in [0.1, 0.15) is 18.7 Å². The van der Waals surface area contributed by atoms with Crippen LogP contribution in [0.1, 0.15) is 31.9 Å². The van der Waals surface area contributed by atoms with Crippen molar-refractivity contribution in [2.24, 2.45) is 5.16 Å². The summed E-state index contributed by atoms with van der Waals surface area (Å²) in [6.45, 7) is 6.65. The Balaban J connectivity index is 2.74. The maximum absolute atomic E-state index is 8.49. The van der Waals surface area contributed by atoms with Gasteiger partial charge in [-0.2, -0.15) is 10.5 Å². The summed E-state index contributed by atoms with van der Waals surface area (Å²) in [6.07, 6.45) is 0. The lowest BCUT2D eigenvalue weighted by molar-refractivity contribution is 0.131. The average molecular weight is 241 g/mol. The van der Waals surface area contributed by atoms with Crippen LogP contribution in [-0.2, 0) is 16.9 Å². The zero-order valence-corrected chi connectivity index (χ0v) is 10.8. The Labute approximate surface area is 107 Å². The van der Waals surface area contributed by atoms with Crippen LogP contribution in [0.3, 0.4) is 0 Å². The number of hydrogen-bond donors (Lipinski definition) is 0. The third-order valence-electron chi connectivity index (χ3n) is 2.39. The molecule has 1 rings (SSSR count). The van der Waals surface area contributed by atoms with E-state index in [1.165, 1.54) is 5.56 Å². The molecule has 4 heteroatoms. The third kappa shape index (κ3) is 3.92. The molecule has 0 spiro atoms. The summed E-state index contributed by atoms with van der Waals surface area (Å²) in [4.78, 5) is 4.97. The van der Waals surface area contributed by atoms with Gasteiger partial charge in [-0.1, -0.05) is 50.2 Å². The zero-order chi connectivity index (χ0) is 13.6. The lowest BCUT2D eigenvalue weighted by Crippen LogP contribution is -2.11. The number of hydrogen-bond acceptors (Lipinski definition) is 4. The fraction of sp³-hybridized carbons (Fsp3) is 0.357. The number of nitriles is 2. The van der Waals surface area contributed by atoms with Crippen LogP contribution in [0.4, 0.5) is 0 Å². The first-order chi connectivity index (χ1) is 8.47. The molecule has 0 aliphatic heterocycles. The second-order valence-corrected chi connectivity index (χ2v) is 4.89. The minimum atomic E-state index is -0.276. The molecule has 4 nitrogen and oxygen atoms in total. The van der Waals surface area contributed by atoms with Crippen molar-refractivity contribution in [1.82, 2.24) is 0 Å². The average Bonchev–Trinajstić information content (AvgIpc) is 2.34. The van der Waals surface area contributed by atoms with Crippen molar-refractivity contribution >= 4 is 5.71 Å². The minimum Gasteiger partial charge on any atom is -0.389 e. The second-order valence-electron chi connectivity index (χ2n) is 4.89. The van der Waals surface area contributed by atoms with Crippen LogP contribution in [-0.4, -0.2) is 5.71 Å². The predicted octanol–water partition coefficient (Wildman–Crippen LogP) is 2.90. The van der Waals surface area contributed by atoms with Gasteiger partial charge < -0.3 is 4.84 Å². The predicted molar refractivity (Wildman–Crippen MR) is 68.6 cm³/mol. The van der Waals surface area contributed by atoms with Crippen molar-refractivity contribution in [3.8, 4) is 12.1 Å². The number of benzene rings is 1. The van der Waals surface area contributed by atoms with Gasteiger partial charge in [0.15, 0.2) is 0 Å². The van der Waals surface area contributed by atoms with E-state index in [9.17, 15) is 0 Å². The van der Waals surface area contributed by atoms with Crippen molar-refractivity contribution in [2.45, 2.75) is 32.8 Å². The summed E-state index contributed by atoms with van der Waals surface area (Å²) >= 11 is 0. The number of rotatable bonds is 3. The van der Waals surface area contributed by atoms with Crippen LogP contribution in [0.15, 0.2) is 29.4 Å². The highest BCUT2D eigenvalue weighted by atomic mass is 16.6. The van der Waals surface area contributed by atoms with E-state index in [0.717, 1.165) is 5.56 Å². The lowest BCUT2D eigenvalue weighted by atomic mass is 9.86. The van der Waals surface area contributed by atoms with E-state index < -0.39 is 0 Å². The van der Waals surface area contributed by atoms with Crippen molar-refractivity contribution in [3.05, 3.63) is 35.4 Å². The monoisotopic (exact) mass is 241 g/mol. The fourth-order valence-corrected chi connectivity index (χ4v) is 1.36. The summed E-state index contributed by atoms with van der Waals surface area (Å²) in [5.41, 5.74) is 1.96. The molecular formula is C14H15N3O. The lowest BCUT2D eigenvalue weighted by Gasteiger charge is -2.19. The Bertz CT molecular complexity index is 511. The van der Waals surface area contributed by atoms with Gasteiger partial charge >= 0.3 is 0 Å². The highest BCUT2D eigenvalue weighted by molar-refractivity contribution is 6.09. The van der Waals surface area contributed by atoms with E-state index in [1.807, 2.05) is 18.2 Å². The van der Waals surface area contributed by atoms with E-state index >= 15 is 0 Å². The molecule has 0 N–H and O–H groups in total. The quantitative estimate of drug-likeness (QED) is 0.603. The van der Waals surface area contributed by atoms with Crippen LogP contribution >= 0.6 is 0 Å². The molecule has 0 saturated carbocycles. The molecule has 0 aliphatic carbocycles. The van der Waals surface area contributed by atoms with Crippen molar-refractivity contribution < 1.29 is 4.84 Å². The molecule has 0 atom stereocenters. The maximum atomic E-state index is 8.49. The third-order valence-corrected chi connectivity index (χ3v) is 2.39. The molecule has 0 radical (unpaired) electrons. The standard InChI is InChI=1S/C14H15N3O/c1-14(2,3)12-6-4-5-11(7-12)10-18-17-13(8-15)9-16/h4-7H,10H2,1-3H3. The summed E-state index contributed by atoms with van der Waals surface area (Å²) in [6, 6.07) is 11.2. The Kier molecular flexibility index (Phi) is 4.45. The Morgan fingerprint density at radius 3 is 2.50 bits per heavy atom. The molecule has 0 fully saturated rings. The summed E-state index contributed by atoms with van der Waals surface area (Å²) in [7, 11) is 0. The smallest absolute Gasteiger partial charge is 0.256 e.